The number of carbonyl (C=O) groups is 2. The summed E-state index contributed by atoms with van der Waals surface area (Å²) in [6.45, 7) is 0.691. The number of carboxylic acid groups (broad SMARTS) is 1. The van der Waals surface area contributed by atoms with Crippen LogP contribution < -0.4 is 5.32 Å². The first kappa shape index (κ1) is 17.3. The van der Waals surface area contributed by atoms with Crippen molar-refractivity contribution in [1.29, 1.82) is 0 Å². The van der Waals surface area contributed by atoms with Gasteiger partial charge in [0, 0.05) is 17.3 Å². The van der Waals surface area contributed by atoms with Gasteiger partial charge in [0.05, 0.1) is 10.3 Å². The summed E-state index contributed by atoms with van der Waals surface area (Å²) in [5.41, 5.74) is 0. The van der Waals surface area contributed by atoms with Crippen LogP contribution in [0.1, 0.15) is 43.4 Å². The fraction of sp³-hybridized carbons (Fsp3) is 0.625. The molecule has 0 unspecified atom stereocenters. The molecule has 1 fully saturated rings. The zero-order chi connectivity index (χ0) is 15.9. The summed E-state index contributed by atoms with van der Waals surface area (Å²) < 4.78 is 0.820. The van der Waals surface area contributed by atoms with Gasteiger partial charge in [0.15, 0.2) is 0 Å². The monoisotopic (exact) mass is 343 g/mol. The number of amides is 1. The van der Waals surface area contributed by atoms with Crippen LogP contribution in [-0.4, -0.2) is 23.5 Å². The minimum atomic E-state index is -0.729. The SMILES string of the molecule is O=C(O)C1CCC(C(=O)NCCCCc2ccc(Cl)s2)CC1. The summed E-state index contributed by atoms with van der Waals surface area (Å²) >= 11 is 7.49. The molecule has 4 nitrogen and oxygen atoms in total. The highest BCUT2D eigenvalue weighted by atomic mass is 35.5. The lowest BCUT2D eigenvalue weighted by Crippen LogP contribution is -2.34. The van der Waals surface area contributed by atoms with Crippen LogP contribution in [0.25, 0.3) is 0 Å². The molecule has 22 heavy (non-hydrogen) atoms. The summed E-state index contributed by atoms with van der Waals surface area (Å²) in [7, 11) is 0. The summed E-state index contributed by atoms with van der Waals surface area (Å²) in [6.07, 6.45) is 5.59. The molecule has 1 heterocycles. The van der Waals surface area contributed by atoms with E-state index in [1.807, 2.05) is 12.1 Å². The van der Waals surface area contributed by atoms with Crippen LogP contribution in [0, 0.1) is 11.8 Å². The lowest BCUT2D eigenvalue weighted by atomic mass is 9.81. The van der Waals surface area contributed by atoms with Crippen molar-refractivity contribution in [2.45, 2.75) is 44.9 Å². The van der Waals surface area contributed by atoms with Crippen molar-refractivity contribution in [3.8, 4) is 0 Å². The van der Waals surface area contributed by atoms with Gasteiger partial charge in [-0.25, -0.2) is 0 Å². The van der Waals surface area contributed by atoms with Gasteiger partial charge in [-0.15, -0.1) is 11.3 Å². The van der Waals surface area contributed by atoms with Crippen molar-refractivity contribution in [2.75, 3.05) is 6.54 Å². The second kappa shape index (κ2) is 8.53. The molecule has 1 aromatic rings. The van der Waals surface area contributed by atoms with Crippen molar-refractivity contribution in [1.82, 2.24) is 5.32 Å². The molecule has 0 spiro atoms. The number of thiophene rings is 1. The molecule has 0 bridgehead atoms. The van der Waals surface area contributed by atoms with Crippen LogP contribution in [0.5, 0.6) is 0 Å². The number of carboxylic acids is 1. The van der Waals surface area contributed by atoms with Gasteiger partial charge in [-0.2, -0.15) is 0 Å². The van der Waals surface area contributed by atoms with E-state index in [0.29, 0.717) is 32.2 Å². The normalized spacial score (nSPS) is 21.5. The van der Waals surface area contributed by atoms with Gasteiger partial charge >= 0.3 is 5.97 Å². The molecule has 2 rings (SSSR count). The minimum Gasteiger partial charge on any atom is -0.481 e. The molecule has 0 radical (unpaired) electrons. The van der Waals surface area contributed by atoms with Crippen LogP contribution >= 0.6 is 22.9 Å². The number of halogens is 1. The van der Waals surface area contributed by atoms with Crippen molar-refractivity contribution in [2.24, 2.45) is 11.8 Å². The predicted octanol–water partition coefficient (Wildman–Crippen LogP) is 3.73. The van der Waals surface area contributed by atoms with E-state index in [2.05, 4.69) is 5.32 Å². The maximum absolute atomic E-state index is 12.0. The molecule has 1 aliphatic carbocycles. The number of rotatable bonds is 7. The van der Waals surface area contributed by atoms with Gasteiger partial charge in [0.1, 0.15) is 0 Å². The lowest BCUT2D eigenvalue weighted by Gasteiger charge is -2.25. The van der Waals surface area contributed by atoms with Crippen molar-refractivity contribution in [3.63, 3.8) is 0 Å². The van der Waals surface area contributed by atoms with Gasteiger partial charge in [0.25, 0.3) is 0 Å². The third-order valence-corrected chi connectivity index (χ3v) is 5.52. The number of hydrogen-bond acceptors (Lipinski definition) is 3. The highest BCUT2D eigenvalue weighted by Crippen LogP contribution is 2.29. The number of aryl methyl sites for hydroxylation is 1. The average molecular weight is 344 g/mol. The standard InChI is InChI=1S/C16H22ClNO3S/c17-14-9-8-13(22-14)3-1-2-10-18-15(19)11-4-6-12(7-5-11)16(20)21/h8-9,11-12H,1-7,10H2,(H,18,19)(H,20,21). The first-order valence-electron chi connectivity index (χ1n) is 7.81. The van der Waals surface area contributed by atoms with E-state index in [0.717, 1.165) is 23.6 Å². The predicted molar refractivity (Wildman–Crippen MR) is 88.4 cm³/mol. The van der Waals surface area contributed by atoms with E-state index in [1.54, 1.807) is 11.3 Å². The molecule has 1 saturated carbocycles. The number of aliphatic carboxylic acids is 1. The molecule has 0 saturated heterocycles. The lowest BCUT2D eigenvalue weighted by molar-refractivity contribution is -0.144. The molecule has 2 N–H and O–H groups in total. The zero-order valence-corrected chi connectivity index (χ0v) is 14.1. The number of nitrogens with one attached hydrogen (secondary N) is 1. The van der Waals surface area contributed by atoms with E-state index in [4.69, 9.17) is 16.7 Å². The first-order chi connectivity index (χ1) is 10.6. The Bertz CT molecular complexity index is 509. The third-order valence-electron chi connectivity index (χ3n) is 4.23. The molecule has 6 heteroatoms. The molecule has 1 aliphatic rings. The van der Waals surface area contributed by atoms with E-state index in [-0.39, 0.29) is 17.7 Å². The Morgan fingerprint density at radius 1 is 1.18 bits per heavy atom. The molecule has 0 aliphatic heterocycles. The fourth-order valence-corrected chi connectivity index (χ4v) is 4.00. The maximum atomic E-state index is 12.0. The Hall–Kier alpha value is -1.07. The van der Waals surface area contributed by atoms with E-state index in [1.165, 1.54) is 4.88 Å². The van der Waals surface area contributed by atoms with E-state index in [9.17, 15) is 9.59 Å². The van der Waals surface area contributed by atoms with Gasteiger partial charge in [0.2, 0.25) is 5.91 Å². The summed E-state index contributed by atoms with van der Waals surface area (Å²) in [5, 5.41) is 11.9. The van der Waals surface area contributed by atoms with Gasteiger partial charge in [-0.05, 0) is 57.1 Å². The molecular weight excluding hydrogens is 322 g/mol. The summed E-state index contributed by atoms with van der Waals surface area (Å²) in [5.74, 6) is -0.913. The maximum Gasteiger partial charge on any atom is 0.306 e. The smallest absolute Gasteiger partial charge is 0.306 e. The largest absolute Gasteiger partial charge is 0.481 e. The van der Waals surface area contributed by atoms with Gasteiger partial charge in [-0.1, -0.05) is 11.6 Å². The zero-order valence-electron chi connectivity index (χ0n) is 12.5. The minimum absolute atomic E-state index is 0.00768. The Morgan fingerprint density at radius 3 is 2.45 bits per heavy atom. The Morgan fingerprint density at radius 2 is 1.86 bits per heavy atom. The average Bonchev–Trinajstić information content (AvgIpc) is 2.92. The Kier molecular flexibility index (Phi) is 6.70. The topological polar surface area (TPSA) is 66.4 Å². The van der Waals surface area contributed by atoms with Gasteiger partial charge in [-0.3, -0.25) is 9.59 Å². The number of hydrogen-bond donors (Lipinski definition) is 2. The van der Waals surface area contributed by atoms with E-state index < -0.39 is 5.97 Å². The quantitative estimate of drug-likeness (QED) is 0.741. The second-order valence-corrected chi connectivity index (χ2v) is 7.64. The van der Waals surface area contributed by atoms with Crippen LogP contribution in [0.3, 0.4) is 0 Å². The van der Waals surface area contributed by atoms with Crippen LogP contribution in [-0.2, 0) is 16.0 Å². The fourth-order valence-electron chi connectivity index (χ4n) is 2.87. The molecule has 1 aromatic heterocycles. The highest BCUT2D eigenvalue weighted by Gasteiger charge is 2.29. The van der Waals surface area contributed by atoms with Crippen LogP contribution in [0.2, 0.25) is 4.34 Å². The second-order valence-electron chi connectivity index (χ2n) is 5.84. The first-order valence-corrected chi connectivity index (χ1v) is 9.00. The number of unbranched alkanes of at least 4 members (excludes halogenated alkanes) is 1. The molecule has 0 aromatic carbocycles. The third kappa shape index (κ3) is 5.29. The van der Waals surface area contributed by atoms with Crippen LogP contribution in [0.15, 0.2) is 12.1 Å². The number of carbonyl (C=O) groups excluding carboxylic acids is 1. The summed E-state index contributed by atoms with van der Waals surface area (Å²) in [4.78, 5) is 24.2. The Balaban J connectivity index is 1.57. The Labute approximate surface area is 139 Å². The van der Waals surface area contributed by atoms with Crippen LogP contribution in [0.4, 0.5) is 0 Å². The van der Waals surface area contributed by atoms with Crippen molar-refractivity contribution in [3.05, 3.63) is 21.3 Å². The van der Waals surface area contributed by atoms with Crippen molar-refractivity contribution >= 4 is 34.8 Å². The summed E-state index contributed by atoms with van der Waals surface area (Å²) in [6, 6.07) is 3.96. The van der Waals surface area contributed by atoms with Crippen molar-refractivity contribution < 1.29 is 14.7 Å². The highest BCUT2D eigenvalue weighted by molar-refractivity contribution is 7.16. The van der Waals surface area contributed by atoms with E-state index >= 15 is 0 Å². The molecule has 1 amide bonds. The van der Waals surface area contributed by atoms with Gasteiger partial charge < -0.3 is 10.4 Å². The molecule has 122 valence electrons. The molecular formula is C16H22ClNO3S. The molecule has 0 atom stereocenters.